The van der Waals surface area contributed by atoms with Gasteiger partial charge in [-0.05, 0) is 35.9 Å². The molecule has 1 amide bonds. The summed E-state index contributed by atoms with van der Waals surface area (Å²) in [6.45, 7) is 0. The molecule has 0 aromatic heterocycles. The number of hydrogen-bond donors (Lipinski definition) is 1. The summed E-state index contributed by atoms with van der Waals surface area (Å²) < 4.78 is 24.1. The molecule has 1 N–H and O–H groups in total. The standard InChI is InChI=1S/C16H17ClN2O3S/c1-19(23(2,21)22)15-8-6-12(7-9-15)10-16(20)18-14-5-3-4-13(17)11-14/h3-9,11H,10H2,1-2H3,(H,18,20). The van der Waals surface area contributed by atoms with Gasteiger partial charge in [-0.3, -0.25) is 9.10 Å². The van der Waals surface area contributed by atoms with Crippen molar-refractivity contribution in [2.24, 2.45) is 0 Å². The summed E-state index contributed by atoms with van der Waals surface area (Å²) in [6, 6.07) is 13.7. The number of carbonyl (C=O) groups excluding carboxylic acids is 1. The minimum Gasteiger partial charge on any atom is -0.326 e. The molecule has 0 radical (unpaired) electrons. The number of hydrogen-bond acceptors (Lipinski definition) is 3. The number of sulfonamides is 1. The van der Waals surface area contributed by atoms with Gasteiger partial charge >= 0.3 is 0 Å². The van der Waals surface area contributed by atoms with Crippen LogP contribution in [0.15, 0.2) is 48.5 Å². The zero-order chi connectivity index (χ0) is 17.0. The number of nitrogens with one attached hydrogen (secondary N) is 1. The van der Waals surface area contributed by atoms with Crippen molar-refractivity contribution in [3.8, 4) is 0 Å². The predicted octanol–water partition coefficient (Wildman–Crippen LogP) is 2.92. The van der Waals surface area contributed by atoms with E-state index in [4.69, 9.17) is 11.6 Å². The van der Waals surface area contributed by atoms with E-state index < -0.39 is 10.0 Å². The molecule has 0 spiro atoms. The van der Waals surface area contributed by atoms with Crippen LogP contribution >= 0.6 is 11.6 Å². The van der Waals surface area contributed by atoms with Crippen LogP contribution in [0.3, 0.4) is 0 Å². The highest BCUT2D eigenvalue weighted by atomic mass is 35.5. The van der Waals surface area contributed by atoms with Gasteiger partial charge in [0.15, 0.2) is 0 Å². The molecular formula is C16H17ClN2O3S. The number of rotatable bonds is 5. The van der Waals surface area contributed by atoms with Crippen molar-refractivity contribution in [3.05, 3.63) is 59.1 Å². The Morgan fingerprint density at radius 1 is 1.17 bits per heavy atom. The van der Waals surface area contributed by atoms with Crippen LogP contribution in [-0.2, 0) is 21.2 Å². The Balaban J connectivity index is 2.02. The monoisotopic (exact) mass is 352 g/mol. The Morgan fingerprint density at radius 3 is 2.39 bits per heavy atom. The summed E-state index contributed by atoms with van der Waals surface area (Å²) in [7, 11) is -1.81. The summed E-state index contributed by atoms with van der Waals surface area (Å²) in [5, 5.41) is 3.31. The van der Waals surface area contributed by atoms with E-state index in [-0.39, 0.29) is 12.3 Å². The zero-order valence-corrected chi connectivity index (χ0v) is 14.4. The molecule has 0 aliphatic rings. The van der Waals surface area contributed by atoms with E-state index in [2.05, 4.69) is 5.32 Å². The molecule has 23 heavy (non-hydrogen) atoms. The average molecular weight is 353 g/mol. The molecule has 0 fully saturated rings. The maximum Gasteiger partial charge on any atom is 0.231 e. The third-order valence-corrected chi connectivity index (χ3v) is 4.71. The molecule has 0 aliphatic carbocycles. The van der Waals surface area contributed by atoms with Crippen LogP contribution in [-0.4, -0.2) is 27.6 Å². The first-order valence-electron chi connectivity index (χ1n) is 6.84. The second kappa shape index (κ2) is 7.02. The fraction of sp³-hybridized carbons (Fsp3) is 0.188. The van der Waals surface area contributed by atoms with Crippen molar-refractivity contribution < 1.29 is 13.2 Å². The molecule has 2 aromatic rings. The molecule has 0 atom stereocenters. The van der Waals surface area contributed by atoms with E-state index in [1.807, 2.05) is 0 Å². The van der Waals surface area contributed by atoms with Gasteiger partial charge in [0.2, 0.25) is 15.9 Å². The molecule has 5 nitrogen and oxygen atoms in total. The molecule has 122 valence electrons. The summed E-state index contributed by atoms with van der Waals surface area (Å²) in [5.41, 5.74) is 1.97. The van der Waals surface area contributed by atoms with E-state index in [0.717, 1.165) is 11.8 Å². The first-order valence-corrected chi connectivity index (χ1v) is 9.06. The average Bonchev–Trinajstić information content (AvgIpc) is 2.46. The van der Waals surface area contributed by atoms with Crippen LogP contribution in [0.5, 0.6) is 0 Å². The molecule has 0 saturated heterocycles. The maximum atomic E-state index is 12.0. The SMILES string of the molecule is CN(c1ccc(CC(=O)Nc2cccc(Cl)c2)cc1)S(C)(=O)=O. The normalized spacial score (nSPS) is 11.1. The number of anilines is 2. The van der Waals surface area contributed by atoms with Gasteiger partial charge in [0.1, 0.15) is 0 Å². The van der Waals surface area contributed by atoms with E-state index >= 15 is 0 Å². The first kappa shape index (κ1) is 17.3. The molecular weight excluding hydrogens is 336 g/mol. The molecule has 0 saturated carbocycles. The highest BCUT2D eigenvalue weighted by molar-refractivity contribution is 7.92. The van der Waals surface area contributed by atoms with Gasteiger partial charge < -0.3 is 5.32 Å². The summed E-state index contributed by atoms with van der Waals surface area (Å²) in [4.78, 5) is 12.0. The number of benzene rings is 2. The number of halogens is 1. The number of amides is 1. The van der Waals surface area contributed by atoms with Crippen molar-refractivity contribution in [2.45, 2.75) is 6.42 Å². The third kappa shape index (κ3) is 4.97. The largest absolute Gasteiger partial charge is 0.326 e. The maximum absolute atomic E-state index is 12.0. The van der Waals surface area contributed by atoms with Gasteiger partial charge in [0, 0.05) is 17.8 Å². The van der Waals surface area contributed by atoms with E-state index in [1.54, 1.807) is 48.5 Å². The number of nitrogens with zero attached hydrogens (tertiary/aromatic N) is 1. The van der Waals surface area contributed by atoms with Gasteiger partial charge in [0.05, 0.1) is 18.4 Å². The molecule has 0 bridgehead atoms. The van der Waals surface area contributed by atoms with E-state index in [1.165, 1.54) is 11.4 Å². The van der Waals surface area contributed by atoms with Crippen LogP contribution in [0.2, 0.25) is 5.02 Å². The summed E-state index contributed by atoms with van der Waals surface area (Å²) in [5.74, 6) is -0.170. The van der Waals surface area contributed by atoms with Crippen LogP contribution in [0, 0.1) is 0 Å². The lowest BCUT2D eigenvalue weighted by atomic mass is 10.1. The summed E-state index contributed by atoms with van der Waals surface area (Å²) in [6.07, 6.45) is 1.33. The van der Waals surface area contributed by atoms with Gasteiger partial charge in [0.25, 0.3) is 0 Å². The van der Waals surface area contributed by atoms with Crippen molar-refractivity contribution >= 4 is 38.9 Å². The molecule has 2 rings (SSSR count). The minimum atomic E-state index is -3.30. The second-order valence-electron chi connectivity index (χ2n) is 5.13. The smallest absolute Gasteiger partial charge is 0.231 e. The highest BCUT2D eigenvalue weighted by Crippen LogP contribution is 2.18. The van der Waals surface area contributed by atoms with Gasteiger partial charge in [-0.15, -0.1) is 0 Å². The Labute approximate surface area is 140 Å². The molecule has 0 aliphatic heterocycles. The lowest BCUT2D eigenvalue weighted by Gasteiger charge is -2.16. The highest BCUT2D eigenvalue weighted by Gasteiger charge is 2.12. The lowest BCUT2D eigenvalue weighted by Crippen LogP contribution is -2.24. The van der Waals surface area contributed by atoms with Gasteiger partial charge in [-0.2, -0.15) is 0 Å². The van der Waals surface area contributed by atoms with E-state index in [0.29, 0.717) is 16.4 Å². The molecule has 2 aromatic carbocycles. The van der Waals surface area contributed by atoms with Crippen molar-refractivity contribution in [2.75, 3.05) is 22.9 Å². The predicted molar refractivity (Wildman–Crippen MR) is 93.5 cm³/mol. The van der Waals surface area contributed by atoms with E-state index in [9.17, 15) is 13.2 Å². The number of carbonyl (C=O) groups is 1. The second-order valence-corrected chi connectivity index (χ2v) is 7.58. The lowest BCUT2D eigenvalue weighted by molar-refractivity contribution is -0.115. The van der Waals surface area contributed by atoms with Crippen LogP contribution in [0.1, 0.15) is 5.56 Å². The third-order valence-electron chi connectivity index (χ3n) is 3.27. The fourth-order valence-corrected chi connectivity index (χ4v) is 2.67. The van der Waals surface area contributed by atoms with Crippen LogP contribution in [0.4, 0.5) is 11.4 Å². The van der Waals surface area contributed by atoms with Crippen LogP contribution in [0.25, 0.3) is 0 Å². The van der Waals surface area contributed by atoms with Crippen molar-refractivity contribution in [1.82, 2.24) is 0 Å². The van der Waals surface area contributed by atoms with Crippen molar-refractivity contribution in [3.63, 3.8) is 0 Å². The Morgan fingerprint density at radius 2 is 1.83 bits per heavy atom. The quantitative estimate of drug-likeness (QED) is 0.899. The molecule has 7 heteroatoms. The van der Waals surface area contributed by atoms with Gasteiger partial charge in [-0.1, -0.05) is 29.8 Å². The van der Waals surface area contributed by atoms with Gasteiger partial charge in [-0.25, -0.2) is 8.42 Å². The summed E-state index contributed by atoms with van der Waals surface area (Å²) >= 11 is 5.87. The van der Waals surface area contributed by atoms with Crippen molar-refractivity contribution in [1.29, 1.82) is 0 Å². The minimum absolute atomic E-state index is 0.170. The Kier molecular flexibility index (Phi) is 5.28. The first-order chi connectivity index (χ1) is 10.8. The Hall–Kier alpha value is -2.05. The Bertz CT molecular complexity index is 804. The molecule has 0 unspecified atom stereocenters. The zero-order valence-electron chi connectivity index (χ0n) is 12.8. The van der Waals surface area contributed by atoms with Crippen LogP contribution < -0.4 is 9.62 Å². The topological polar surface area (TPSA) is 66.5 Å². The fourth-order valence-electron chi connectivity index (χ4n) is 1.97. The molecule has 0 heterocycles.